The number of likely N-dealkylation sites (tertiary alicyclic amines) is 1. The zero-order chi connectivity index (χ0) is 23.3. The third kappa shape index (κ3) is 6.57. The van der Waals surface area contributed by atoms with Crippen molar-refractivity contribution in [3.63, 3.8) is 0 Å². The molecule has 2 aliphatic rings. The van der Waals surface area contributed by atoms with Crippen molar-refractivity contribution in [1.82, 2.24) is 14.5 Å². The fraction of sp³-hybridized carbons (Fsp3) is 0.542. The Kier molecular flexibility index (Phi) is 8.46. The van der Waals surface area contributed by atoms with Crippen LogP contribution in [-0.2, 0) is 21.2 Å². The first-order chi connectivity index (χ1) is 15.9. The lowest BCUT2D eigenvalue weighted by Crippen LogP contribution is -2.46. The van der Waals surface area contributed by atoms with Crippen LogP contribution in [0.15, 0.2) is 46.7 Å². The monoisotopic (exact) mass is 509 g/mol. The lowest BCUT2D eigenvalue weighted by Gasteiger charge is -2.33. The largest absolute Gasteiger partial charge is 0.355 e. The van der Waals surface area contributed by atoms with Crippen LogP contribution in [0.1, 0.15) is 31.2 Å². The second-order valence-electron chi connectivity index (χ2n) is 9.03. The number of thiophene rings is 1. The molecular weight excluding hydrogens is 478 g/mol. The Morgan fingerprint density at radius 2 is 1.82 bits per heavy atom. The summed E-state index contributed by atoms with van der Waals surface area (Å²) < 4.78 is 27.9. The molecular formula is C24H32ClN3O3S2. The predicted molar refractivity (Wildman–Crippen MR) is 133 cm³/mol. The molecule has 0 bridgehead atoms. The van der Waals surface area contributed by atoms with E-state index in [1.807, 2.05) is 0 Å². The molecule has 1 aromatic carbocycles. The highest BCUT2D eigenvalue weighted by atomic mass is 35.5. The van der Waals surface area contributed by atoms with Crippen LogP contribution < -0.4 is 5.32 Å². The molecule has 2 aromatic rings. The van der Waals surface area contributed by atoms with Crippen LogP contribution in [0.3, 0.4) is 0 Å². The van der Waals surface area contributed by atoms with Crippen molar-refractivity contribution in [3.05, 3.63) is 52.4 Å². The number of carbonyl (C=O) groups is 1. The lowest BCUT2D eigenvalue weighted by atomic mass is 9.90. The second-order valence-corrected chi connectivity index (χ2v) is 12.9. The summed E-state index contributed by atoms with van der Waals surface area (Å²) in [5.74, 6) is 0.380. The molecule has 0 saturated carbocycles. The Bertz CT molecular complexity index is 1020. The van der Waals surface area contributed by atoms with Crippen molar-refractivity contribution in [2.45, 2.75) is 36.3 Å². The minimum atomic E-state index is -3.59. The standard InChI is InChI=1S/C24H32ClN3O3S2/c25-22-8-9-23(32-22)33(30,31)28-13-4-7-21(18-28)24(29)26-12-16-27-14-10-20(11-15-27)17-19-5-2-1-3-6-19/h1-3,5-6,8-9,20-21H,4,7,10-18H2,(H,26,29). The molecule has 0 spiro atoms. The summed E-state index contributed by atoms with van der Waals surface area (Å²) >= 11 is 6.98. The Labute approximate surface area is 206 Å². The zero-order valence-corrected chi connectivity index (χ0v) is 21.2. The summed E-state index contributed by atoms with van der Waals surface area (Å²) in [6.07, 6.45) is 4.92. The molecule has 0 radical (unpaired) electrons. The number of hydrogen-bond donors (Lipinski definition) is 1. The summed E-state index contributed by atoms with van der Waals surface area (Å²) in [4.78, 5) is 15.2. The first kappa shape index (κ1) is 24.7. The first-order valence-corrected chi connectivity index (χ1v) is 14.3. The molecule has 9 heteroatoms. The Hall–Kier alpha value is -1.45. The molecule has 180 valence electrons. The van der Waals surface area contributed by atoms with Gasteiger partial charge in [0.15, 0.2) is 0 Å². The number of hydrogen-bond acceptors (Lipinski definition) is 5. The third-order valence-electron chi connectivity index (χ3n) is 6.70. The number of carbonyl (C=O) groups excluding carboxylic acids is 1. The van der Waals surface area contributed by atoms with Gasteiger partial charge in [-0.3, -0.25) is 4.79 Å². The van der Waals surface area contributed by atoms with Gasteiger partial charge in [-0.05, 0) is 68.8 Å². The molecule has 1 N–H and O–H groups in total. The van der Waals surface area contributed by atoms with Gasteiger partial charge in [0, 0.05) is 26.2 Å². The smallest absolute Gasteiger partial charge is 0.252 e. The molecule has 3 heterocycles. The molecule has 33 heavy (non-hydrogen) atoms. The summed E-state index contributed by atoms with van der Waals surface area (Å²) in [5.41, 5.74) is 1.41. The van der Waals surface area contributed by atoms with Gasteiger partial charge < -0.3 is 10.2 Å². The fourth-order valence-corrected chi connectivity index (χ4v) is 7.94. The van der Waals surface area contributed by atoms with Crippen molar-refractivity contribution >= 4 is 38.9 Å². The van der Waals surface area contributed by atoms with Crippen molar-refractivity contribution in [3.8, 4) is 0 Å². The fourth-order valence-electron chi connectivity index (χ4n) is 4.78. The second kappa shape index (κ2) is 11.3. The number of nitrogens with zero attached hydrogens (tertiary/aromatic N) is 2. The van der Waals surface area contributed by atoms with Gasteiger partial charge in [0.1, 0.15) is 4.21 Å². The molecule has 2 aliphatic heterocycles. The van der Waals surface area contributed by atoms with Crippen molar-refractivity contribution in [1.29, 1.82) is 0 Å². The van der Waals surface area contributed by atoms with Crippen molar-refractivity contribution < 1.29 is 13.2 Å². The summed E-state index contributed by atoms with van der Waals surface area (Å²) in [6, 6.07) is 13.8. The average molecular weight is 510 g/mol. The molecule has 6 nitrogen and oxygen atoms in total. The number of benzene rings is 1. The number of amides is 1. The molecule has 1 amide bonds. The molecule has 2 saturated heterocycles. The van der Waals surface area contributed by atoms with Crippen LogP contribution >= 0.6 is 22.9 Å². The van der Waals surface area contributed by atoms with Crippen molar-refractivity contribution in [2.24, 2.45) is 11.8 Å². The van der Waals surface area contributed by atoms with Gasteiger partial charge in [-0.2, -0.15) is 4.31 Å². The minimum absolute atomic E-state index is 0.0434. The van der Waals surface area contributed by atoms with E-state index in [4.69, 9.17) is 11.6 Å². The van der Waals surface area contributed by atoms with E-state index < -0.39 is 10.0 Å². The number of nitrogens with one attached hydrogen (secondary N) is 1. The van der Waals surface area contributed by atoms with Gasteiger partial charge >= 0.3 is 0 Å². The Morgan fingerprint density at radius 1 is 1.06 bits per heavy atom. The normalized spacial score (nSPS) is 21.2. The lowest BCUT2D eigenvalue weighted by molar-refractivity contribution is -0.126. The van der Waals surface area contributed by atoms with Crippen LogP contribution in [-0.4, -0.2) is 62.8 Å². The molecule has 0 aliphatic carbocycles. The summed E-state index contributed by atoms with van der Waals surface area (Å²) in [7, 11) is -3.59. The van der Waals surface area contributed by atoms with Crippen LogP contribution in [0.2, 0.25) is 4.34 Å². The van der Waals surface area contributed by atoms with Crippen LogP contribution in [0.25, 0.3) is 0 Å². The molecule has 1 unspecified atom stereocenters. The maximum atomic E-state index is 12.9. The topological polar surface area (TPSA) is 69.7 Å². The van der Waals surface area contributed by atoms with Gasteiger partial charge in [-0.25, -0.2) is 8.42 Å². The number of rotatable bonds is 8. The van der Waals surface area contributed by atoms with Crippen LogP contribution in [0.5, 0.6) is 0 Å². The Morgan fingerprint density at radius 3 is 2.52 bits per heavy atom. The van der Waals surface area contributed by atoms with Crippen LogP contribution in [0.4, 0.5) is 0 Å². The van der Waals surface area contributed by atoms with Gasteiger partial charge in [0.05, 0.1) is 10.3 Å². The van der Waals surface area contributed by atoms with Gasteiger partial charge in [-0.15, -0.1) is 11.3 Å². The van der Waals surface area contributed by atoms with Crippen LogP contribution in [0, 0.1) is 11.8 Å². The highest BCUT2D eigenvalue weighted by Gasteiger charge is 2.34. The van der Waals surface area contributed by atoms with Gasteiger partial charge in [0.25, 0.3) is 10.0 Å². The maximum Gasteiger partial charge on any atom is 0.252 e. The van der Waals surface area contributed by atoms with Gasteiger partial charge in [0.2, 0.25) is 5.91 Å². The summed E-state index contributed by atoms with van der Waals surface area (Å²) in [6.45, 7) is 4.24. The minimum Gasteiger partial charge on any atom is -0.355 e. The SMILES string of the molecule is O=C(NCCN1CCC(Cc2ccccc2)CC1)C1CCCN(S(=O)(=O)c2ccc(Cl)s2)C1. The van der Waals surface area contributed by atoms with E-state index in [-0.39, 0.29) is 22.6 Å². The van der Waals surface area contributed by atoms with E-state index in [0.717, 1.165) is 43.3 Å². The quantitative estimate of drug-likeness (QED) is 0.586. The first-order valence-electron chi connectivity index (χ1n) is 11.7. The molecule has 2 fully saturated rings. The molecule has 1 atom stereocenters. The van der Waals surface area contributed by atoms with E-state index in [1.165, 1.54) is 28.8 Å². The zero-order valence-electron chi connectivity index (χ0n) is 18.8. The highest BCUT2D eigenvalue weighted by Crippen LogP contribution is 2.30. The average Bonchev–Trinajstić information content (AvgIpc) is 3.28. The van der Waals surface area contributed by atoms with E-state index in [0.29, 0.717) is 30.3 Å². The third-order valence-corrected chi connectivity index (χ3v) is 10.3. The highest BCUT2D eigenvalue weighted by molar-refractivity contribution is 7.91. The summed E-state index contributed by atoms with van der Waals surface area (Å²) in [5, 5.41) is 3.05. The Balaban J connectivity index is 1.19. The number of sulfonamides is 1. The molecule has 4 rings (SSSR count). The maximum absolute atomic E-state index is 12.9. The van der Waals surface area contributed by atoms with E-state index >= 15 is 0 Å². The number of halogens is 1. The van der Waals surface area contributed by atoms with Crippen molar-refractivity contribution in [2.75, 3.05) is 39.3 Å². The van der Waals surface area contributed by atoms with E-state index in [9.17, 15) is 13.2 Å². The van der Waals surface area contributed by atoms with E-state index in [2.05, 4.69) is 40.5 Å². The molecule has 1 aromatic heterocycles. The van der Waals surface area contributed by atoms with E-state index in [1.54, 1.807) is 6.07 Å². The van der Waals surface area contributed by atoms with Gasteiger partial charge in [-0.1, -0.05) is 41.9 Å². The number of piperidine rings is 2. The predicted octanol–water partition coefficient (Wildman–Crippen LogP) is 3.87.